The zero-order chi connectivity index (χ0) is 22.8. The van der Waals surface area contributed by atoms with Crippen LogP contribution in [0.15, 0.2) is 48.5 Å². The number of allylic oxidation sites excluding steroid dienone is 2. The molecule has 0 saturated heterocycles. The lowest BCUT2D eigenvalue weighted by Gasteiger charge is -2.15. The van der Waals surface area contributed by atoms with Gasteiger partial charge in [-0.2, -0.15) is 0 Å². The van der Waals surface area contributed by atoms with Crippen LogP contribution in [0.25, 0.3) is 11.1 Å². The van der Waals surface area contributed by atoms with Gasteiger partial charge < -0.3 is 9.84 Å². The minimum atomic E-state index is -1.18. The fourth-order valence-electron chi connectivity index (χ4n) is 3.74. The summed E-state index contributed by atoms with van der Waals surface area (Å²) < 4.78 is 19.4. The molecule has 0 spiro atoms. The summed E-state index contributed by atoms with van der Waals surface area (Å²) in [5, 5.41) is 10.3. The number of halogens is 4. The number of rotatable bonds is 6. The summed E-state index contributed by atoms with van der Waals surface area (Å²) in [6.07, 6.45) is 2.38. The van der Waals surface area contributed by atoms with E-state index in [4.69, 9.17) is 39.5 Å². The van der Waals surface area contributed by atoms with Crippen LogP contribution in [0.1, 0.15) is 46.6 Å². The molecular weight excluding hydrogens is 476 g/mol. The average molecular weight is 493 g/mol. The third kappa shape index (κ3) is 4.75. The van der Waals surface area contributed by atoms with E-state index in [0.717, 1.165) is 36.0 Å². The quantitative estimate of drug-likeness (QED) is 0.386. The molecule has 4 nitrogen and oxygen atoms in total. The number of benzene rings is 2. The van der Waals surface area contributed by atoms with Gasteiger partial charge in [0.1, 0.15) is 18.2 Å². The van der Waals surface area contributed by atoms with E-state index in [1.807, 2.05) is 6.07 Å². The van der Waals surface area contributed by atoms with Gasteiger partial charge in [-0.25, -0.2) is 14.2 Å². The zero-order valence-electron chi connectivity index (χ0n) is 16.7. The van der Waals surface area contributed by atoms with Crippen LogP contribution in [-0.2, 0) is 6.61 Å². The van der Waals surface area contributed by atoms with Crippen LogP contribution in [-0.4, -0.2) is 16.1 Å². The maximum atomic E-state index is 13.3. The minimum Gasteiger partial charge on any atom is -0.488 e. The van der Waals surface area contributed by atoms with Gasteiger partial charge in [0, 0.05) is 16.1 Å². The normalized spacial score (nSPS) is 13.5. The van der Waals surface area contributed by atoms with Crippen molar-refractivity contribution in [3.05, 3.63) is 91.9 Å². The van der Waals surface area contributed by atoms with Crippen LogP contribution in [0.2, 0.25) is 15.1 Å². The van der Waals surface area contributed by atoms with E-state index in [-0.39, 0.29) is 22.3 Å². The molecule has 2 aromatic carbocycles. The lowest BCUT2D eigenvalue weighted by Crippen LogP contribution is -2.04. The molecule has 0 radical (unpaired) electrons. The summed E-state index contributed by atoms with van der Waals surface area (Å²) >= 11 is 18.4. The van der Waals surface area contributed by atoms with Crippen molar-refractivity contribution >= 4 is 51.9 Å². The summed E-state index contributed by atoms with van der Waals surface area (Å²) in [5.41, 5.74) is 3.75. The van der Waals surface area contributed by atoms with Gasteiger partial charge in [-0.05, 0) is 72.9 Å². The Bertz CT molecular complexity index is 1240. The molecule has 1 aliphatic carbocycles. The zero-order valence-corrected chi connectivity index (χ0v) is 18.9. The standard InChI is InChI=1S/C24H17Cl3FNO3/c25-14-5-9-22(32-12-13-4-6-15(28)11-20(13)27)18(10-14)16-2-1-3-17(16)21-8-7-19(26)23(29-21)24(30)31/h4-11H,1-3,12H2,(H,30,31). The highest BCUT2D eigenvalue weighted by Crippen LogP contribution is 2.43. The Morgan fingerprint density at radius 2 is 1.78 bits per heavy atom. The van der Waals surface area contributed by atoms with Crippen molar-refractivity contribution in [1.29, 1.82) is 0 Å². The summed E-state index contributed by atoms with van der Waals surface area (Å²) in [5.74, 6) is -1.00. The summed E-state index contributed by atoms with van der Waals surface area (Å²) in [6.45, 7) is 0.152. The molecule has 1 N–H and O–H groups in total. The highest BCUT2D eigenvalue weighted by molar-refractivity contribution is 6.33. The van der Waals surface area contributed by atoms with Crippen molar-refractivity contribution < 1.29 is 19.0 Å². The second-order valence-electron chi connectivity index (χ2n) is 7.31. The number of aromatic carboxylic acids is 1. The van der Waals surface area contributed by atoms with Gasteiger partial charge >= 0.3 is 5.97 Å². The number of carbonyl (C=O) groups is 1. The van der Waals surface area contributed by atoms with Gasteiger partial charge in [-0.15, -0.1) is 0 Å². The fraction of sp³-hybridized carbons (Fsp3) is 0.167. The maximum absolute atomic E-state index is 13.3. The van der Waals surface area contributed by atoms with Crippen LogP contribution < -0.4 is 4.74 Å². The van der Waals surface area contributed by atoms with E-state index in [9.17, 15) is 14.3 Å². The molecule has 0 fully saturated rings. The second kappa shape index (κ2) is 9.49. The summed E-state index contributed by atoms with van der Waals surface area (Å²) in [7, 11) is 0. The fourth-order valence-corrected chi connectivity index (χ4v) is 4.32. The first-order valence-electron chi connectivity index (χ1n) is 9.82. The van der Waals surface area contributed by atoms with Crippen molar-refractivity contribution in [1.82, 2.24) is 4.98 Å². The van der Waals surface area contributed by atoms with Gasteiger partial charge in [0.2, 0.25) is 0 Å². The van der Waals surface area contributed by atoms with E-state index in [1.54, 1.807) is 30.3 Å². The largest absolute Gasteiger partial charge is 0.488 e. The lowest BCUT2D eigenvalue weighted by molar-refractivity contribution is 0.0690. The van der Waals surface area contributed by atoms with Crippen LogP contribution in [0.3, 0.4) is 0 Å². The number of hydrogen-bond donors (Lipinski definition) is 1. The van der Waals surface area contributed by atoms with Gasteiger partial charge in [0.25, 0.3) is 0 Å². The van der Waals surface area contributed by atoms with Crippen LogP contribution in [0.5, 0.6) is 5.75 Å². The predicted molar refractivity (Wildman–Crippen MR) is 124 cm³/mol. The van der Waals surface area contributed by atoms with Gasteiger partial charge in [-0.1, -0.05) is 40.9 Å². The van der Waals surface area contributed by atoms with E-state index < -0.39 is 11.8 Å². The van der Waals surface area contributed by atoms with Crippen molar-refractivity contribution in [3.8, 4) is 5.75 Å². The number of pyridine rings is 1. The van der Waals surface area contributed by atoms with Crippen LogP contribution >= 0.6 is 34.8 Å². The Kier molecular flexibility index (Phi) is 6.70. The Labute approximate surface area is 199 Å². The topological polar surface area (TPSA) is 59.4 Å². The number of nitrogens with zero attached hydrogens (tertiary/aromatic N) is 1. The molecule has 32 heavy (non-hydrogen) atoms. The molecule has 1 aromatic heterocycles. The molecule has 164 valence electrons. The van der Waals surface area contributed by atoms with E-state index in [0.29, 0.717) is 22.0 Å². The first kappa shape index (κ1) is 22.6. The first-order valence-corrected chi connectivity index (χ1v) is 11.0. The van der Waals surface area contributed by atoms with E-state index >= 15 is 0 Å². The number of hydrogen-bond acceptors (Lipinski definition) is 3. The lowest BCUT2D eigenvalue weighted by atomic mass is 9.98. The molecule has 0 bridgehead atoms. The molecule has 0 atom stereocenters. The van der Waals surface area contributed by atoms with Crippen LogP contribution in [0.4, 0.5) is 4.39 Å². The highest BCUT2D eigenvalue weighted by atomic mass is 35.5. The molecule has 0 aliphatic heterocycles. The average Bonchev–Trinajstić information content (AvgIpc) is 3.23. The van der Waals surface area contributed by atoms with Gasteiger partial charge in [0.05, 0.1) is 15.7 Å². The monoisotopic (exact) mass is 491 g/mol. The molecule has 3 aromatic rings. The Balaban J connectivity index is 1.73. The number of carboxylic acids is 1. The molecule has 8 heteroatoms. The van der Waals surface area contributed by atoms with E-state index in [2.05, 4.69) is 4.98 Å². The summed E-state index contributed by atoms with van der Waals surface area (Å²) in [6, 6.07) is 12.7. The van der Waals surface area contributed by atoms with Crippen molar-refractivity contribution in [2.45, 2.75) is 25.9 Å². The predicted octanol–water partition coefficient (Wildman–Crippen LogP) is 7.55. The molecule has 1 aliphatic rings. The van der Waals surface area contributed by atoms with Gasteiger partial charge in [-0.3, -0.25) is 0 Å². The molecular formula is C24H17Cl3FNO3. The van der Waals surface area contributed by atoms with Crippen molar-refractivity contribution in [2.24, 2.45) is 0 Å². The Morgan fingerprint density at radius 3 is 2.53 bits per heavy atom. The van der Waals surface area contributed by atoms with Crippen LogP contribution in [0, 0.1) is 5.82 Å². The van der Waals surface area contributed by atoms with Gasteiger partial charge in [0.15, 0.2) is 5.69 Å². The third-order valence-corrected chi connectivity index (χ3v) is 6.13. The molecule has 4 rings (SSSR count). The number of carboxylic acid groups (broad SMARTS) is 1. The maximum Gasteiger partial charge on any atom is 0.356 e. The first-order chi connectivity index (χ1) is 15.3. The minimum absolute atomic E-state index is 0.0874. The second-order valence-corrected chi connectivity index (χ2v) is 8.56. The molecule has 0 unspecified atom stereocenters. The third-order valence-electron chi connectivity index (χ3n) is 5.24. The van der Waals surface area contributed by atoms with E-state index in [1.165, 1.54) is 12.1 Å². The SMILES string of the molecule is O=C(O)c1nc(C2=C(c3cc(Cl)ccc3OCc3ccc(F)cc3Cl)CCC2)ccc1Cl. The molecule has 1 heterocycles. The summed E-state index contributed by atoms with van der Waals surface area (Å²) in [4.78, 5) is 15.8. The Hall–Kier alpha value is -2.60. The number of ether oxygens (including phenoxy) is 1. The highest BCUT2D eigenvalue weighted by Gasteiger charge is 2.23. The smallest absolute Gasteiger partial charge is 0.356 e. The Morgan fingerprint density at radius 1 is 1.00 bits per heavy atom. The van der Waals surface area contributed by atoms with Crippen molar-refractivity contribution in [3.63, 3.8) is 0 Å². The van der Waals surface area contributed by atoms with Crippen molar-refractivity contribution in [2.75, 3.05) is 0 Å². The molecule has 0 amide bonds. The number of aromatic nitrogens is 1. The molecule has 0 saturated carbocycles.